The predicted molar refractivity (Wildman–Crippen MR) is 229 cm³/mol. The number of furan rings is 1. The largest absolute Gasteiger partial charge is 0.455 e. The summed E-state index contributed by atoms with van der Waals surface area (Å²) in [6, 6.07) is 60.2. The number of aromatic nitrogens is 1. The first-order valence-electron chi connectivity index (χ1n) is 18.7. The van der Waals surface area contributed by atoms with E-state index in [2.05, 4.69) is 176 Å². The van der Waals surface area contributed by atoms with Gasteiger partial charge >= 0.3 is 0 Å². The average molecular weight is 708 g/mol. The van der Waals surface area contributed by atoms with Crippen molar-refractivity contribution in [1.82, 2.24) is 4.57 Å². The molecule has 0 saturated carbocycles. The molecule has 12 rings (SSSR count). The van der Waals surface area contributed by atoms with Crippen LogP contribution < -0.4 is 0 Å². The van der Waals surface area contributed by atoms with Crippen molar-refractivity contribution >= 4 is 75.3 Å². The van der Waals surface area contributed by atoms with Crippen LogP contribution in [0.5, 0.6) is 0 Å². The van der Waals surface area contributed by atoms with Crippen molar-refractivity contribution in [2.45, 2.75) is 19.3 Å². The van der Waals surface area contributed by atoms with E-state index in [1.165, 1.54) is 81.0 Å². The molecule has 11 aromatic rings. The predicted octanol–water partition coefficient (Wildman–Crippen LogP) is 14.7. The number of para-hydroxylation sites is 2. The zero-order chi connectivity index (χ0) is 35.7. The van der Waals surface area contributed by atoms with Crippen LogP contribution in [-0.2, 0) is 5.41 Å². The summed E-state index contributed by atoms with van der Waals surface area (Å²) in [6.07, 6.45) is 0. The maximum Gasteiger partial charge on any atom is 0.143 e. The molecule has 0 amide bonds. The normalized spacial score (nSPS) is 13.5. The summed E-state index contributed by atoms with van der Waals surface area (Å²) in [6.45, 7) is 4.78. The summed E-state index contributed by atoms with van der Waals surface area (Å²) in [5.41, 5.74) is 15.5. The Morgan fingerprint density at radius 1 is 0.481 bits per heavy atom. The Labute approximate surface area is 316 Å². The first kappa shape index (κ1) is 30.1. The summed E-state index contributed by atoms with van der Waals surface area (Å²) in [7, 11) is 0. The van der Waals surface area contributed by atoms with Crippen molar-refractivity contribution in [2.75, 3.05) is 0 Å². The maximum absolute atomic E-state index is 6.52. The molecule has 2 nitrogen and oxygen atoms in total. The molecule has 0 aliphatic heterocycles. The minimum absolute atomic E-state index is 0.136. The lowest BCUT2D eigenvalue weighted by Crippen LogP contribution is -2.15. The van der Waals surface area contributed by atoms with Crippen molar-refractivity contribution < 1.29 is 4.42 Å². The van der Waals surface area contributed by atoms with Crippen LogP contribution in [0, 0.1) is 0 Å². The van der Waals surface area contributed by atoms with E-state index in [9.17, 15) is 0 Å². The van der Waals surface area contributed by atoms with Gasteiger partial charge in [-0.3, -0.25) is 0 Å². The highest BCUT2D eigenvalue weighted by Gasteiger charge is 2.37. The number of nitrogens with zero attached hydrogens (tertiary/aromatic N) is 1. The van der Waals surface area contributed by atoms with Crippen LogP contribution in [-0.4, -0.2) is 4.57 Å². The molecule has 1 aliphatic rings. The molecule has 0 saturated heterocycles. The summed E-state index contributed by atoms with van der Waals surface area (Å²) in [5, 5.41) is 7.46. The van der Waals surface area contributed by atoms with E-state index in [0.717, 1.165) is 33.1 Å². The van der Waals surface area contributed by atoms with Gasteiger partial charge < -0.3 is 8.98 Å². The number of hydrogen-bond donors (Lipinski definition) is 0. The van der Waals surface area contributed by atoms with E-state index in [-0.39, 0.29) is 5.41 Å². The minimum atomic E-state index is -0.136. The van der Waals surface area contributed by atoms with Crippen molar-refractivity contribution in [3.05, 3.63) is 175 Å². The van der Waals surface area contributed by atoms with E-state index >= 15 is 0 Å². The van der Waals surface area contributed by atoms with Crippen molar-refractivity contribution in [3.8, 4) is 39.1 Å². The molecule has 0 N–H and O–H groups in total. The molecule has 254 valence electrons. The van der Waals surface area contributed by atoms with Crippen LogP contribution >= 0.6 is 11.3 Å². The van der Waals surface area contributed by atoms with Gasteiger partial charge in [0.15, 0.2) is 0 Å². The fourth-order valence-electron chi connectivity index (χ4n) is 9.38. The summed E-state index contributed by atoms with van der Waals surface area (Å²) >= 11 is 1.93. The average Bonchev–Trinajstić information content (AvgIpc) is 3.94. The summed E-state index contributed by atoms with van der Waals surface area (Å²) in [5.74, 6) is 0. The van der Waals surface area contributed by atoms with E-state index in [1.54, 1.807) is 0 Å². The van der Waals surface area contributed by atoms with E-state index < -0.39 is 0 Å². The van der Waals surface area contributed by atoms with Gasteiger partial charge in [-0.15, -0.1) is 11.3 Å². The Kier molecular flexibility index (Phi) is 6.03. The Balaban J connectivity index is 1.09. The highest BCUT2D eigenvalue weighted by Crippen LogP contribution is 2.54. The van der Waals surface area contributed by atoms with Crippen molar-refractivity contribution in [1.29, 1.82) is 0 Å². The molecule has 1 aliphatic carbocycles. The van der Waals surface area contributed by atoms with Crippen LogP contribution in [0.3, 0.4) is 0 Å². The molecule has 0 atom stereocenters. The topological polar surface area (TPSA) is 18.1 Å². The molecule has 3 heteroatoms. The zero-order valence-electron chi connectivity index (χ0n) is 29.9. The molecule has 0 fully saturated rings. The quantitative estimate of drug-likeness (QED) is 0.179. The Morgan fingerprint density at radius 3 is 2.06 bits per heavy atom. The first-order valence-corrected chi connectivity index (χ1v) is 19.5. The highest BCUT2D eigenvalue weighted by atomic mass is 32.1. The van der Waals surface area contributed by atoms with Crippen LogP contribution in [0.1, 0.15) is 25.0 Å². The number of benzene rings is 8. The second-order valence-electron chi connectivity index (χ2n) is 15.3. The van der Waals surface area contributed by atoms with Gasteiger partial charge in [-0.1, -0.05) is 129 Å². The molecule has 0 spiro atoms. The molecule has 3 aromatic heterocycles. The third kappa shape index (κ3) is 4.05. The van der Waals surface area contributed by atoms with E-state index in [1.807, 2.05) is 17.4 Å². The lowest BCUT2D eigenvalue weighted by Gasteiger charge is -2.22. The zero-order valence-corrected chi connectivity index (χ0v) is 30.7. The third-order valence-corrected chi connectivity index (χ3v) is 13.2. The first-order chi connectivity index (χ1) is 26.5. The van der Waals surface area contributed by atoms with E-state index in [0.29, 0.717) is 0 Å². The molecule has 54 heavy (non-hydrogen) atoms. The van der Waals surface area contributed by atoms with Gasteiger partial charge in [0.1, 0.15) is 11.2 Å². The highest BCUT2D eigenvalue weighted by molar-refractivity contribution is 7.26. The van der Waals surface area contributed by atoms with Crippen molar-refractivity contribution in [3.63, 3.8) is 0 Å². The lowest BCUT2D eigenvalue weighted by molar-refractivity contribution is 0.660. The third-order valence-electron chi connectivity index (χ3n) is 12.0. The number of rotatable bonds is 3. The van der Waals surface area contributed by atoms with E-state index in [4.69, 9.17) is 4.42 Å². The SMILES string of the molecule is CC1(C)c2cc(-n3c4ccc(-c5ccccc5)cc4c4cc(-c5cccc6c5oc5ccccc56)ccc43)ccc2-c2c1ccc1c2sc2ccccc21. The van der Waals surface area contributed by atoms with Crippen LogP contribution in [0.25, 0.3) is 103 Å². The van der Waals surface area contributed by atoms with Crippen molar-refractivity contribution in [2.24, 2.45) is 0 Å². The van der Waals surface area contributed by atoms with Gasteiger partial charge in [-0.05, 0) is 81.9 Å². The number of fused-ring (bicyclic) bond motifs is 13. The van der Waals surface area contributed by atoms with Gasteiger partial charge in [0.25, 0.3) is 0 Å². The standard InChI is InChI=1S/C51H33NOS/c1-51(2)42-24-23-38-36-14-7-9-18-47(36)54-50(38)48(42)39-22-21-33(29-43(39)51)52-44-25-19-31(30-11-4-3-5-12-30)27-40(44)41-28-32(20-26-45(41)52)34-15-10-16-37-35-13-6-8-17-46(35)53-49(34)37/h3-29H,1-2H3. The second-order valence-corrected chi connectivity index (χ2v) is 16.3. The minimum Gasteiger partial charge on any atom is -0.455 e. The Hall–Kier alpha value is -6.42. The fraction of sp³-hybridized carbons (Fsp3) is 0.0588. The Bertz CT molecular complexity index is 3360. The summed E-state index contributed by atoms with van der Waals surface area (Å²) in [4.78, 5) is 0. The smallest absolute Gasteiger partial charge is 0.143 e. The molecule has 8 aromatic carbocycles. The van der Waals surface area contributed by atoms with Gasteiger partial charge in [-0.25, -0.2) is 0 Å². The van der Waals surface area contributed by atoms with Gasteiger partial charge in [-0.2, -0.15) is 0 Å². The van der Waals surface area contributed by atoms with Gasteiger partial charge in [0, 0.05) is 63.9 Å². The van der Waals surface area contributed by atoms with Crippen LogP contribution in [0.2, 0.25) is 0 Å². The van der Waals surface area contributed by atoms with Crippen LogP contribution in [0.4, 0.5) is 0 Å². The second kappa shape index (κ2) is 10.8. The monoisotopic (exact) mass is 707 g/mol. The Morgan fingerprint density at radius 2 is 1.20 bits per heavy atom. The van der Waals surface area contributed by atoms with Gasteiger partial charge in [0.05, 0.1) is 11.0 Å². The molecular formula is C51H33NOS. The number of hydrogen-bond acceptors (Lipinski definition) is 2. The fourth-order valence-corrected chi connectivity index (χ4v) is 10.6. The number of thiophene rings is 1. The maximum atomic E-state index is 6.52. The lowest BCUT2D eigenvalue weighted by atomic mass is 9.82. The summed E-state index contributed by atoms with van der Waals surface area (Å²) < 4.78 is 11.7. The molecule has 3 heterocycles. The van der Waals surface area contributed by atoms with Crippen LogP contribution in [0.15, 0.2) is 168 Å². The molecular weight excluding hydrogens is 675 g/mol. The molecule has 0 radical (unpaired) electrons. The molecule has 0 unspecified atom stereocenters. The molecule has 0 bridgehead atoms. The van der Waals surface area contributed by atoms with Gasteiger partial charge in [0.2, 0.25) is 0 Å².